The molecule has 176 valence electrons. The van der Waals surface area contributed by atoms with Gasteiger partial charge >= 0.3 is 5.97 Å². The Balaban J connectivity index is 1.89. The molecule has 0 aromatic heterocycles. The van der Waals surface area contributed by atoms with E-state index in [1.807, 2.05) is 36.9 Å². The SMILES string of the molecule is CCc1cc(N=C2N=CN(C[C@H](C)C(=O)O)CN2Cc2ccc(C)cc2)ccc1OC(C)C. The first kappa shape index (κ1) is 24.3. The first-order chi connectivity index (χ1) is 15.7. The van der Waals surface area contributed by atoms with Crippen LogP contribution in [0.25, 0.3) is 0 Å². The van der Waals surface area contributed by atoms with Crippen molar-refractivity contribution in [3.8, 4) is 5.75 Å². The van der Waals surface area contributed by atoms with Gasteiger partial charge < -0.3 is 19.6 Å². The Morgan fingerprint density at radius 1 is 1.18 bits per heavy atom. The summed E-state index contributed by atoms with van der Waals surface area (Å²) in [5, 5.41) is 9.29. The lowest BCUT2D eigenvalue weighted by molar-refractivity contribution is -0.141. The number of carbonyl (C=O) groups is 1. The van der Waals surface area contributed by atoms with Gasteiger partial charge in [0.1, 0.15) is 5.75 Å². The molecule has 1 N–H and O–H groups in total. The molecule has 2 aromatic rings. The number of ether oxygens (including phenoxy) is 1. The fourth-order valence-electron chi connectivity index (χ4n) is 3.60. The van der Waals surface area contributed by atoms with Crippen LogP contribution >= 0.6 is 0 Å². The minimum absolute atomic E-state index is 0.111. The molecule has 0 bridgehead atoms. The summed E-state index contributed by atoms with van der Waals surface area (Å²) in [6.45, 7) is 11.4. The zero-order chi connectivity index (χ0) is 24.0. The van der Waals surface area contributed by atoms with Gasteiger partial charge in [-0.15, -0.1) is 0 Å². The quantitative estimate of drug-likeness (QED) is 0.591. The number of aliphatic carboxylic acids is 1. The van der Waals surface area contributed by atoms with E-state index in [0.29, 0.717) is 25.7 Å². The molecule has 2 aromatic carbocycles. The van der Waals surface area contributed by atoms with Crippen molar-refractivity contribution in [3.63, 3.8) is 0 Å². The van der Waals surface area contributed by atoms with Gasteiger partial charge in [0.2, 0.25) is 5.96 Å². The minimum atomic E-state index is -0.816. The highest BCUT2D eigenvalue weighted by Crippen LogP contribution is 2.27. The zero-order valence-electron chi connectivity index (χ0n) is 20.2. The predicted octanol–water partition coefficient (Wildman–Crippen LogP) is 4.86. The second-order valence-corrected chi connectivity index (χ2v) is 8.80. The number of nitrogens with zero attached hydrogens (tertiary/aromatic N) is 4. The van der Waals surface area contributed by atoms with Gasteiger partial charge in [-0.05, 0) is 56.5 Å². The first-order valence-electron chi connectivity index (χ1n) is 11.4. The Kier molecular flexibility index (Phi) is 8.09. The van der Waals surface area contributed by atoms with Gasteiger partial charge in [-0.25, -0.2) is 9.98 Å². The zero-order valence-corrected chi connectivity index (χ0v) is 20.2. The van der Waals surface area contributed by atoms with Crippen LogP contribution in [0.5, 0.6) is 5.75 Å². The third kappa shape index (κ3) is 6.81. The third-order valence-corrected chi connectivity index (χ3v) is 5.41. The standard InChI is InChI=1S/C26H34N4O3/c1-6-22-13-23(11-12-24(22)33-18(2)3)28-26-27-16-29(14-20(5)25(31)32)17-30(26)15-21-9-7-19(4)8-10-21/h7-13,16,18,20H,6,14-15,17H2,1-5H3,(H,31,32)/t20-/m0/s1. The van der Waals surface area contributed by atoms with Crippen molar-refractivity contribution in [3.05, 3.63) is 59.2 Å². The largest absolute Gasteiger partial charge is 0.491 e. The maximum Gasteiger partial charge on any atom is 0.308 e. The van der Waals surface area contributed by atoms with Crippen molar-refractivity contribution in [2.75, 3.05) is 13.2 Å². The van der Waals surface area contributed by atoms with Crippen LogP contribution in [-0.4, -0.2) is 52.5 Å². The van der Waals surface area contributed by atoms with E-state index in [1.54, 1.807) is 13.3 Å². The lowest BCUT2D eigenvalue weighted by Crippen LogP contribution is -2.46. The van der Waals surface area contributed by atoms with Crippen LogP contribution in [0.2, 0.25) is 0 Å². The van der Waals surface area contributed by atoms with Crippen molar-refractivity contribution in [2.45, 2.75) is 53.7 Å². The summed E-state index contributed by atoms with van der Waals surface area (Å²) in [7, 11) is 0. The third-order valence-electron chi connectivity index (χ3n) is 5.41. The van der Waals surface area contributed by atoms with Crippen LogP contribution in [0.4, 0.5) is 5.69 Å². The second kappa shape index (κ2) is 11.0. The van der Waals surface area contributed by atoms with E-state index in [1.165, 1.54) is 5.56 Å². The molecule has 1 heterocycles. The lowest BCUT2D eigenvalue weighted by Gasteiger charge is -2.34. The Labute approximate surface area is 196 Å². The average Bonchev–Trinajstić information content (AvgIpc) is 2.77. The Hall–Kier alpha value is -3.35. The molecule has 1 aliphatic heterocycles. The van der Waals surface area contributed by atoms with Crippen LogP contribution < -0.4 is 4.74 Å². The average molecular weight is 451 g/mol. The Morgan fingerprint density at radius 3 is 2.55 bits per heavy atom. The Bertz CT molecular complexity index is 1010. The number of carboxylic acids is 1. The van der Waals surface area contributed by atoms with Crippen molar-refractivity contribution in [2.24, 2.45) is 15.9 Å². The fraction of sp³-hybridized carbons (Fsp3) is 0.423. The maximum atomic E-state index is 11.3. The summed E-state index contributed by atoms with van der Waals surface area (Å²) in [5.74, 6) is 0.184. The normalized spacial score (nSPS) is 15.9. The molecule has 33 heavy (non-hydrogen) atoms. The second-order valence-electron chi connectivity index (χ2n) is 8.80. The number of aryl methyl sites for hydroxylation is 2. The van der Waals surface area contributed by atoms with Crippen LogP contribution in [0.3, 0.4) is 0 Å². The van der Waals surface area contributed by atoms with Gasteiger partial charge in [-0.2, -0.15) is 0 Å². The van der Waals surface area contributed by atoms with Gasteiger partial charge in [0.15, 0.2) is 0 Å². The van der Waals surface area contributed by atoms with E-state index in [9.17, 15) is 9.90 Å². The summed E-state index contributed by atoms with van der Waals surface area (Å²) in [6, 6.07) is 14.3. The molecular formula is C26H34N4O3. The lowest BCUT2D eigenvalue weighted by atomic mass is 10.1. The molecule has 0 saturated carbocycles. The number of carboxylic acid groups (broad SMARTS) is 1. The molecule has 1 atom stereocenters. The highest BCUT2D eigenvalue weighted by molar-refractivity contribution is 5.91. The number of guanidine groups is 1. The highest BCUT2D eigenvalue weighted by Gasteiger charge is 2.22. The summed E-state index contributed by atoms with van der Waals surface area (Å²) < 4.78 is 5.92. The van der Waals surface area contributed by atoms with E-state index in [0.717, 1.165) is 29.0 Å². The first-order valence-corrected chi connectivity index (χ1v) is 11.4. The summed E-state index contributed by atoms with van der Waals surface area (Å²) in [5.41, 5.74) is 4.27. The number of rotatable bonds is 9. The smallest absolute Gasteiger partial charge is 0.308 e. The monoisotopic (exact) mass is 450 g/mol. The molecule has 0 amide bonds. The Morgan fingerprint density at radius 2 is 1.91 bits per heavy atom. The van der Waals surface area contributed by atoms with Gasteiger partial charge in [0.25, 0.3) is 0 Å². The number of aliphatic imine (C=N–C) groups is 2. The minimum Gasteiger partial charge on any atom is -0.491 e. The van der Waals surface area contributed by atoms with Crippen LogP contribution in [0.15, 0.2) is 52.4 Å². The van der Waals surface area contributed by atoms with Crippen molar-refractivity contribution in [1.29, 1.82) is 0 Å². The molecule has 7 heteroatoms. The number of benzene rings is 2. The van der Waals surface area contributed by atoms with Gasteiger partial charge in [0, 0.05) is 13.1 Å². The predicted molar refractivity (Wildman–Crippen MR) is 132 cm³/mol. The van der Waals surface area contributed by atoms with E-state index in [2.05, 4.69) is 48.0 Å². The molecule has 0 saturated heterocycles. The van der Waals surface area contributed by atoms with E-state index >= 15 is 0 Å². The van der Waals surface area contributed by atoms with Crippen molar-refractivity contribution >= 4 is 24.0 Å². The molecule has 0 fully saturated rings. The van der Waals surface area contributed by atoms with Crippen LogP contribution in [0, 0.1) is 12.8 Å². The van der Waals surface area contributed by atoms with Crippen LogP contribution in [-0.2, 0) is 17.8 Å². The number of hydrogen-bond donors (Lipinski definition) is 1. The van der Waals surface area contributed by atoms with Gasteiger partial charge in [-0.1, -0.05) is 43.7 Å². The van der Waals surface area contributed by atoms with Gasteiger partial charge in [-0.3, -0.25) is 4.79 Å². The summed E-state index contributed by atoms with van der Waals surface area (Å²) >= 11 is 0. The highest BCUT2D eigenvalue weighted by atomic mass is 16.5. The molecule has 1 aliphatic rings. The molecule has 3 rings (SSSR count). The molecule has 7 nitrogen and oxygen atoms in total. The molecule has 0 spiro atoms. The van der Waals surface area contributed by atoms with Gasteiger partial charge in [0.05, 0.1) is 30.7 Å². The molecular weight excluding hydrogens is 416 g/mol. The maximum absolute atomic E-state index is 11.3. The van der Waals surface area contributed by atoms with Crippen molar-refractivity contribution < 1.29 is 14.6 Å². The summed E-state index contributed by atoms with van der Waals surface area (Å²) in [6.07, 6.45) is 2.65. The van der Waals surface area contributed by atoms with Crippen LogP contribution in [0.1, 0.15) is 44.4 Å². The molecule has 0 radical (unpaired) electrons. The van der Waals surface area contributed by atoms with Crippen molar-refractivity contribution in [1.82, 2.24) is 9.80 Å². The van der Waals surface area contributed by atoms with E-state index in [4.69, 9.17) is 9.73 Å². The number of hydrogen-bond acceptors (Lipinski definition) is 4. The topological polar surface area (TPSA) is 77.7 Å². The molecule has 0 unspecified atom stereocenters. The summed E-state index contributed by atoms with van der Waals surface area (Å²) in [4.78, 5) is 24.7. The fourth-order valence-corrected chi connectivity index (χ4v) is 3.60. The van der Waals surface area contributed by atoms with E-state index in [-0.39, 0.29) is 6.10 Å². The van der Waals surface area contributed by atoms with E-state index < -0.39 is 11.9 Å². The molecule has 0 aliphatic carbocycles.